The minimum atomic E-state index is -2.54. The van der Waals surface area contributed by atoms with Crippen molar-refractivity contribution in [3.63, 3.8) is 0 Å². The third-order valence-electron chi connectivity index (χ3n) is 3.02. The van der Waals surface area contributed by atoms with E-state index in [1.807, 2.05) is 6.92 Å². The first kappa shape index (κ1) is 13.8. The molecule has 1 aromatic carbocycles. The van der Waals surface area contributed by atoms with E-state index >= 15 is 0 Å². The topological polar surface area (TPSA) is 68.5 Å². The Bertz CT molecular complexity index is 768. The molecule has 0 aliphatic rings. The minimum absolute atomic E-state index is 0.107. The fourth-order valence-electron chi connectivity index (χ4n) is 2.04. The Balaban J connectivity index is 1.86. The quantitative estimate of drug-likeness (QED) is 0.802. The summed E-state index contributed by atoms with van der Waals surface area (Å²) in [5.74, 6) is 0.688. The van der Waals surface area contributed by atoms with Gasteiger partial charge in [0.2, 0.25) is 0 Å². The van der Waals surface area contributed by atoms with Gasteiger partial charge in [0.05, 0.1) is 16.3 Å². The number of nitrogens with zero attached hydrogens (tertiary/aromatic N) is 5. The van der Waals surface area contributed by atoms with Crippen LogP contribution < -0.4 is 5.32 Å². The van der Waals surface area contributed by atoms with Crippen LogP contribution in [0.1, 0.15) is 30.2 Å². The van der Waals surface area contributed by atoms with E-state index in [-0.39, 0.29) is 11.0 Å². The Morgan fingerprint density at radius 1 is 1.33 bits per heavy atom. The summed E-state index contributed by atoms with van der Waals surface area (Å²) in [6.07, 6.45) is -2.54. The fraction of sp³-hybridized carbons (Fsp3) is 0.333. The number of rotatable bonds is 4. The van der Waals surface area contributed by atoms with Gasteiger partial charge in [-0.2, -0.15) is 0 Å². The van der Waals surface area contributed by atoms with E-state index in [1.165, 1.54) is 0 Å². The first-order valence-electron chi connectivity index (χ1n) is 6.22. The Morgan fingerprint density at radius 3 is 2.81 bits per heavy atom. The molecular formula is C12H12F2N6S. The third-order valence-corrected chi connectivity index (χ3v) is 4.04. The molecule has 0 saturated carbocycles. The van der Waals surface area contributed by atoms with Gasteiger partial charge in [0, 0.05) is 12.7 Å². The zero-order valence-electron chi connectivity index (χ0n) is 11.3. The van der Waals surface area contributed by atoms with E-state index in [0.29, 0.717) is 11.3 Å². The molecule has 0 spiro atoms. The average molecular weight is 310 g/mol. The molecule has 3 aromatic rings. The second-order valence-corrected chi connectivity index (χ2v) is 5.62. The minimum Gasteiger partial charge on any atom is -0.375 e. The van der Waals surface area contributed by atoms with Crippen molar-refractivity contribution in [3.05, 3.63) is 29.0 Å². The largest absolute Gasteiger partial charge is 0.375 e. The molecule has 0 aliphatic carbocycles. The molecule has 1 atom stereocenters. The fourth-order valence-corrected chi connectivity index (χ4v) is 2.91. The molecule has 0 unspecified atom stereocenters. The number of thiazole rings is 1. The van der Waals surface area contributed by atoms with E-state index in [9.17, 15) is 8.78 Å². The Labute approximate surface area is 122 Å². The van der Waals surface area contributed by atoms with Crippen molar-refractivity contribution in [2.75, 3.05) is 5.32 Å². The summed E-state index contributed by atoms with van der Waals surface area (Å²) in [4.78, 5) is 3.90. The van der Waals surface area contributed by atoms with Crippen LogP contribution in [0, 0.1) is 0 Å². The predicted octanol–water partition coefficient (Wildman–Crippen LogP) is 2.93. The molecule has 0 bridgehead atoms. The standard InChI is InChI=1S/C12H12F2N6S/c1-6(11-17-18-19-20(11)2)15-7-3-4-8-9(5-7)21-12(16-8)10(13)14/h3-6,10,15H,1-2H3/t6-/m0/s1. The summed E-state index contributed by atoms with van der Waals surface area (Å²) in [6, 6.07) is 5.23. The SMILES string of the molecule is C[C@H](Nc1ccc2nc(C(F)F)sc2c1)c1nnnn1C. The zero-order valence-corrected chi connectivity index (χ0v) is 12.1. The second kappa shape index (κ2) is 5.32. The van der Waals surface area contributed by atoms with Gasteiger partial charge in [0.1, 0.15) is 0 Å². The van der Waals surface area contributed by atoms with Crippen LogP contribution in [-0.4, -0.2) is 25.2 Å². The number of benzene rings is 1. The lowest BCUT2D eigenvalue weighted by Crippen LogP contribution is -2.12. The Morgan fingerprint density at radius 2 is 2.14 bits per heavy atom. The summed E-state index contributed by atoms with van der Waals surface area (Å²) in [6.45, 7) is 1.92. The molecule has 110 valence electrons. The number of nitrogens with one attached hydrogen (secondary N) is 1. The van der Waals surface area contributed by atoms with Crippen LogP contribution in [0.25, 0.3) is 10.2 Å². The van der Waals surface area contributed by atoms with Crippen molar-refractivity contribution < 1.29 is 8.78 Å². The molecule has 6 nitrogen and oxygen atoms in total. The van der Waals surface area contributed by atoms with E-state index < -0.39 is 6.43 Å². The van der Waals surface area contributed by atoms with Crippen molar-refractivity contribution in [2.45, 2.75) is 19.4 Å². The van der Waals surface area contributed by atoms with Crippen LogP contribution in [0.15, 0.2) is 18.2 Å². The molecule has 0 amide bonds. The highest BCUT2D eigenvalue weighted by Gasteiger charge is 2.15. The first-order chi connectivity index (χ1) is 10.0. The summed E-state index contributed by atoms with van der Waals surface area (Å²) in [5.41, 5.74) is 1.39. The summed E-state index contributed by atoms with van der Waals surface area (Å²) >= 11 is 1.00. The molecule has 0 radical (unpaired) electrons. The molecule has 0 fully saturated rings. The highest BCUT2D eigenvalue weighted by molar-refractivity contribution is 7.18. The van der Waals surface area contributed by atoms with Gasteiger partial charge < -0.3 is 5.32 Å². The summed E-state index contributed by atoms with van der Waals surface area (Å²) in [5, 5.41) is 14.4. The monoisotopic (exact) mass is 310 g/mol. The highest BCUT2D eigenvalue weighted by Crippen LogP contribution is 2.31. The molecule has 0 aliphatic heterocycles. The van der Waals surface area contributed by atoms with E-state index in [0.717, 1.165) is 21.7 Å². The van der Waals surface area contributed by atoms with Crippen LogP contribution in [-0.2, 0) is 7.05 Å². The molecule has 9 heteroatoms. The van der Waals surface area contributed by atoms with E-state index in [2.05, 4.69) is 25.8 Å². The number of hydrogen-bond acceptors (Lipinski definition) is 6. The normalized spacial score (nSPS) is 13.0. The number of alkyl halides is 2. The van der Waals surface area contributed by atoms with Gasteiger partial charge in [-0.3, -0.25) is 0 Å². The number of hydrogen-bond donors (Lipinski definition) is 1. The van der Waals surface area contributed by atoms with Crippen LogP contribution in [0.5, 0.6) is 0 Å². The first-order valence-corrected chi connectivity index (χ1v) is 7.03. The van der Waals surface area contributed by atoms with Crippen molar-refractivity contribution in [2.24, 2.45) is 7.05 Å². The van der Waals surface area contributed by atoms with Crippen LogP contribution in [0.2, 0.25) is 0 Å². The Kier molecular flexibility index (Phi) is 3.50. The van der Waals surface area contributed by atoms with Gasteiger partial charge in [-0.1, -0.05) is 0 Å². The highest BCUT2D eigenvalue weighted by atomic mass is 32.1. The molecule has 3 rings (SSSR count). The number of halogens is 2. The lowest BCUT2D eigenvalue weighted by atomic mass is 10.2. The molecule has 2 aromatic heterocycles. The third kappa shape index (κ3) is 2.68. The van der Waals surface area contributed by atoms with Crippen LogP contribution in [0.4, 0.5) is 14.5 Å². The number of aryl methyl sites for hydroxylation is 1. The molecule has 21 heavy (non-hydrogen) atoms. The van der Waals surface area contributed by atoms with Gasteiger partial charge in [-0.25, -0.2) is 18.4 Å². The lowest BCUT2D eigenvalue weighted by Gasteiger charge is -2.13. The van der Waals surface area contributed by atoms with E-state index in [1.54, 1.807) is 29.9 Å². The van der Waals surface area contributed by atoms with Crippen LogP contribution >= 0.6 is 11.3 Å². The maximum Gasteiger partial charge on any atom is 0.289 e. The predicted molar refractivity (Wildman–Crippen MR) is 75.4 cm³/mol. The summed E-state index contributed by atoms with van der Waals surface area (Å²) < 4.78 is 27.6. The molecule has 1 N–H and O–H groups in total. The maximum absolute atomic E-state index is 12.7. The average Bonchev–Trinajstić information content (AvgIpc) is 3.04. The number of aromatic nitrogens is 5. The van der Waals surface area contributed by atoms with Crippen molar-refractivity contribution in [3.8, 4) is 0 Å². The second-order valence-electron chi connectivity index (χ2n) is 4.56. The van der Waals surface area contributed by atoms with Crippen LogP contribution in [0.3, 0.4) is 0 Å². The Hall–Kier alpha value is -2.16. The number of tetrazole rings is 1. The van der Waals surface area contributed by atoms with Gasteiger partial charge in [0.25, 0.3) is 6.43 Å². The van der Waals surface area contributed by atoms with Crippen molar-refractivity contribution in [1.82, 2.24) is 25.2 Å². The van der Waals surface area contributed by atoms with Crippen molar-refractivity contribution >= 4 is 27.2 Å². The number of fused-ring (bicyclic) bond motifs is 1. The van der Waals surface area contributed by atoms with Gasteiger partial charge in [-0.05, 0) is 35.5 Å². The van der Waals surface area contributed by atoms with Crippen molar-refractivity contribution in [1.29, 1.82) is 0 Å². The van der Waals surface area contributed by atoms with Gasteiger partial charge in [-0.15, -0.1) is 16.4 Å². The maximum atomic E-state index is 12.7. The summed E-state index contributed by atoms with van der Waals surface area (Å²) in [7, 11) is 1.76. The zero-order chi connectivity index (χ0) is 15.0. The lowest BCUT2D eigenvalue weighted by molar-refractivity contribution is 0.151. The smallest absolute Gasteiger partial charge is 0.289 e. The molecule has 2 heterocycles. The van der Waals surface area contributed by atoms with Gasteiger partial charge in [0.15, 0.2) is 10.8 Å². The van der Waals surface area contributed by atoms with E-state index in [4.69, 9.17) is 0 Å². The molecule has 0 saturated heterocycles. The van der Waals surface area contributed by atoms with Gasteiger partial charge >= 0.3 is 0 Å². The number of anilines is 1. The molecular weight excluding hydrogens is 298 g/mol.